The summed E-state index contributed by atoms with van der Waals surface area (Å²) in [6.45, 7) is 1.67. The number of nitrogens with one attached hydrogen (secondary N) is 1. The number of amides is 1. The van der Waals surface area contributed by atoms with Crippen LogP contribution in [0.5, 0.6) is 0 Å². The first-order valence-corrected chi connectivity index (χ1v) is 7.62. The topological polar surface area (TPSA) is 62.5 Å². The number of aliphatic hydroxyl groups is 1. The van der Waals surface area contributed by atoms with Gasteiger partial charge in [-0.3, -0.25) is 4.79 Å². The largest absolute Gasteiger partial charge is 0.445 e. The molecule has 0 fully saturated rings. The van der Waals surface area contributed by atoms with Gasteiger partial charge in [-0.25, -0.2) is 4.39 Å². The minimum absolute atomic E-state index is 0.192. The number of aliphatic hydroxyl groups excluding tert-OH is 1. The van der Waals surface area contributed by atoms with Crippen molar-refractivity contribution in [3.05, 3.63) is 53.5 Å². The van der Waals surface area contributed by atoms with Gasteiger partial charge in [0.15, 0.2) is 10.9 Å². The number of thioether (sulfide) groups is 1. The molecule has 112 valence electrons. The highest BCUT2D eigenvalue weighted by Crippen LogP contribution is 2.20. The molecule has 0 saturated carbocycles. The van der Waals surface area contributed by atoms with Gasteiger partial charge >= 0.3 is 0 Å². The third kappa shape index (κ3) is 3.86. The summed E-state index contributed by atoms with van der Waals surface area (Å²) in [6, 6.07) is 8.27. The number of furan rings is 1. The Morgan fingerprint density at radius 2 is 1.95 bits per heavy atom. The van der Waals surface area contributed by atoms with Gasteiger partial charge in [0.25, 0.3) is 5.91 Å². The Balaban J connectivity index is 2.01. The SMILES string of the molecule is CSc1ccc(C(=O)NC(C)C(O)c2ccc(F)cc2)o1. The average Bonchev–Trinajstić information content (AvgIpc) is 2.96. The Bertz CT molecular complexity index is 612. The Labute approximate surface area is 126 Å². The molecule has 0 aliphatic heterocycles. The van der Waals surface area contributed by atoms with E-state index in [1.54, 1.807) is 19.1 Å². The lowest BCUT2D eigenvalue weighted by Gasteiger charge is -2.20. The Morgan fingerprint density at radius 3 is 2.52 bits per heavy atom. The number of benzene rings is 1. The number of carbonyl (C=O) groups is 1. The van der Waals surface area contributed by atoms with E-state index in [1.807, 2.05) is 6.26 Å². The van der Waals surface area contributed by atoms with Crippen molar-refractivity contribution >= 4 is 17.7 Å². The molecule has 0 bridgehead atoms. The van der Waals surface area contributed by atoms with Crippen LogP contribution in [0.2, 0.25) is 0 Å². The monoisotopic (exact) mass is 309 g/mol. The normalized spacial score (nSPS) is 13.7. The summed E-state index contributed by atoms with van der Waals surface area (Å²) in [7, 11) is 0. The average molecular weight is 309 g/mol. The maximum absolute atomic E-state index is 12.9. The fraction of sp³-hybridized carbons (Fsp3) is 0.267. The molecule has 0 radical (unpaired) electrons. The lowest BCUT2D eigenvalue weighted by atomic mass is 10.0. The van der Waals surface area contributed by atoms with Crippen LogP contribution < -0.4 is 5.32 Å². The summed E-state index contributed by atoms with van der Waals surface area (Å²) in [6.07, 6.45) is 0.922. The molecule has 1 aromatic heterocycles. The fourth-order valence-corrected chi connectivity index (χ4v) is 2.23. The van der Waals surface area contributed by atoms with Gasteiger partial charge in [-0.1, -0.05) is 23.9 Å². The van der Waals surface area contributed by atoms with Gasteiger partial charge in [0.05, 0.1) is 12.1 Å². The highest BCUT2D eigenvalue weighted by molar-refractivity contribution is 7.98. The summed E-state index contributed by atoms with van der Waals surface area (Å²) in [4.78, 5) is 12.0. The second-order valence-corrected chi connectivity index (χ2v) is 5.39. The van der Waals surface area contributed by atoms with E-state index in [-0.39, 0.29) is 11.6 Å². The molecule has 0 aliphatic carbocycles. The predicted molar refractivity (Wildman–Crippen MR) is 78.8 cm³/mol. The van der Waals surface area contributed by atoms with Crippen LogP contribution in [0.15, 0.2) is 45.9 Å². The van der Waals surface area contributed by atoms with Crippen molar-refractivity contribution in [3.63, 3.8) is 0 Å². The van der Waals surface area contributed by atoms with Crippen molar-refractivity contribution in [2.45, 2.75) is 24.2 Å². The van der Waals surface area contributed by atoms with Gasteiger partial charge in [-0.2, -0.15) is 0 Å². The Morgan fingerprint density at radius 1 is 1.29 bits per heavy atom. The standard InChI is InChI=1S/C15H16FNO3S/c1-9(14(18)10-3-5-11(16)6-4-10)17-15(19)12-7-8-13(20-12)21-2/h3-9,14,18H,1-2H3,(H,17,19). The van der Waals surface area contributed by atoms with Gasteiger partial charge in [-0.05, 0) is 43.0 Å². The second kappa shape index (κ2) is 6.78. The van der Waals surface area contributed by atoms with Gasteiger partial charge < -0.3 is 14.8 Å². The number of halogens is 1. The number of hydrogen-bond acceptors (Lipinski definition) is 4. The lowest BCUT2D eigenvalue weighted by Crippen LogP contribution is -2.36. The highest BCUT2D eigenvalue weighted by atomic mass is 32.2. The van der Waals surface area contributed by atoms with Gasteiger partial charge in [-0.15, -0.1) is 0 Å². The molecule has 0 saturated heterocycles. The summed E-state index contributed by atoms with van der Waals surface area (Å²) >= 11 is 1.40. The van der Waals surface area contributed by atoms with E-state index in [2.05, 4.69) is 5.32 Å². The first kappa shape index (κ1) is 15.6. The maximum atomic E-state index is 12.9. The molecule has 0 aliphatic rings. The first-order valence-electron chi connectivity index (χ1n) is 6.39. The van der Waals surface area contributed by atoms with Crippen LogP contribution in [0.1, 0.15) is 29.1 Å². The summed E-state index contributed by atoms with van der Waals surface area (Å²) in [5.41, 5.74) is 0.536. The molecule has 1 heterocycles. The first-order chi connectivity index (χ1) is 10.0. The van der Waals surface area contributed by atoms with E-state index in [9.17, 15) is 14.3 Å². The summed E-state index contributed by atoms with van der Waals surface area (Å²) in [5.74, 6) is -0.579. The van der Waals surface area contributed by atoms with Crippen LogP contribution in [0.3, 0.4) is 0 Å². The molecule has 6 heteroatoms. The molecule has 4 nitrogen and oxygen atoms in total. The molecule has 2 aromatic rings. The molecule has 1 aromatic carbocycles. The van der Waals surface area contributed by atoms with Gasteiger partial charge in [0.1, 0.15) is 5.82 Å². The zero-order chi connectivity index (χ0) is 15.4. The van der Waals surface area contributed by atoms with E-state index in [4.69, 9.17) is 4.42 Å². The van der Waals surface area contributed by atoms with Crippen LogP contribution in [-0.2, 0) is 0 Å². The van der Waals surface area contributed by atoms with Crippen molar-refractivity contribution in [3.8, 4) is 0 Å². The van der Waals surface area contributed by atoms with Crippen LogP contribution in [0.4, 0.5) is 4.39 Å². The Kier molecular flexibility index (Phi) is 5.03. The second-order valence-electron chi connectivity index (χ2n) is 4.58. The smallest absolute Gasteiger partial charge is 0.287 e. The quantitative estimate of drug-likeness (QED) is 0.834. The predicted octanol–water partition coefficient (Wildman–Crippen LogP) is 2.99. The molecule has 2 atom stereocenters. The van der Waals surface area contributed by atoms with Crippen molar-refractivity contribution < 1.29 is 18.7 Å². The van der Waals surface area contributed by atoms with Gasteiger partial charge in [0, 0.05) is 0 Å². The number of hydrogen-bond donors (Lipinski definition) is 2. The highest BCUT2D eigenvalue weighted by Gasteiger charge is 2.20. The van der Waals surface area contributed by atoms with E-state index in [1.165, 1.54) is 36.0 Å². The van der Waals surface area contributed by atoms with Gasteiger partial charge in [0.2, 0.25) is 0 Å². The van der Waals surface area contributed by atoms with E-state index < -0.39 is 18.1 Å². The van der Waals surface area contributed by atoms with E-state index >= 15 is 0 Å². The van der Waals surface area contributed by atoms with Crippen molar-refractivity contribution in [2.24, 2.45) is 0 Å². The minimum Gasteiger partial charge on any atom is -0.445 e. The van der Waals surface area contributed by atoms with Crippen LogP contribution in [-0.4, -0.2) is 23.3 Å². The third-order valence-electron chi connectivity index (χ3n) is 3.05. The van der Waals surface area contributed by atoms with E-state index in [0.29, 0.717) is 10.7 Å². The Hall–Kier alpha value is -1.79. The lowest BCUT2D eigenvalue weighted by molar-refractivity contribution is 0.0821. The minimum atomic E-state index is -0.926. The van der Waals surface area contributed by atoms with Crippen LogP contribution in [0, 0.1) is 5.82 Å². The van der Waals surface area contributed by atoms with E-state index in [0.717, 1.165) is 0 Å². The third-order valence-corrected chi connectivity index (χ3v) is 3.67. The maximum Gasteiger partial charge on any atom is 0.287 e. The molecule has 21 heavy (non-hydrogen) atoms. The molecule has 1 amide bonds. The molecule has 2 N–H and O–H groups in total. The molecule has 2 unspecified atom stereocenters. The zero-order valence-electron chi connectivity index (χ0n) is 11.7. The van der Waals surface area contributed by atoms with Crippen molar-refractivity contribution in [1.29, 1.82) is 0 Å². The zero-order valence-corrected chi connectivity index (χ0v) is 12.5. The van der Waals surface area contributed by atoms with Crippen molar-refractivity contribution in [2.75, 3.05) is 6.26 Å². The molecular formula is C15H16FNO3S. The molecular weight excluding hydrogens is 293 g/mol. The van der Waals surface area contributed by atoms with Crippen LogP contribution >= 0.6 is 11.8 Å². The van der Waals surface area contributed by atoms with Crippen LogP contribution in [0.25, 0.3) is 0 Å². The number of carbonyl (C=O) groups excluding carboxylic acids is 1. The molecule has 0 spiro atoms. The summed E-state index contributed by atoms with van der Waals surface area (Å²) < 4.78 is 18.2. The molecule has 2 rings (SSSR count). The fourth-order valence-electron chi connectivity index (χ4n) is 1.86. The summed E-state index contributed by atoms with van der Waals surface area (Å²) in [5, 5.41) is 13.5. The number of rotatable bonds is 5. The van der Waals surface area contributed by atoms with Crippen molar-refractivity contribution in [1.82, 2.24) is 5.32 Å².